The van der Waals surface area contributed by atoms with Crippen LogP contribution in [0.5, 0.6) is 0 Å². The Morgan fingerprint density at radius 1 is 1.13 bits per heavy atom. The van der Waals surface area contributed by atoms with E-state index >= 15 is 0 Å². The number of fused-ring (bicyclic) bond motifs is 2. The molecule has 0 aliphatic carbocycles. The highest BCUT2D eigenvalue weighted by Gasteiger charge is 2.10. The molecular weight excluding hydrogens is 292 g/mol. The third kappa shape index (κ3) is 2.31. The number of pyridine rings is 1. The van der Waals surface area contributed by atoms with Gasteiger partial charge in [-0.15, -0.1) is 5.10 Å². The molecule has 0 fully saturated rings. The van der Waals surface area contributed by atoms with Crippen molar-refractivity contribution in [3.63, 3.8) is 0 Å². The normalized spacial score (nSPS) is 11.4. The Bertz CT molecular complexity index is 973. The Morgan fingerprint density at radius 3 is 2.87 bits per heavy atom. The highest BCUT2D eigenvalue weighted by atomic mass is 16.3. The van der Waals surface area contributed by atoms with E-state index in [0.717, 1.165) is 28.4 Å². The standard InChI is InChI=1S/C16H16N6O/c1-20(8-9-23)16-5-4-15-18-10-13(22(15)19-16)12-2-3-14-17-6-7-21(14)11-12/h2-7,10-11,23H,8-9H2,1H3. The third-order valence-corrected chi connectivity index (χ3v) is 3.86. The molecule has 0 aliphatic rings. The largest absolute Gasteiger partial charge is 0.395 e. The van der Waals surface area contributed by atoms with Gasteiger partial charge in [-0.05, 0) is 24.3 Å². The third-order valence-electron chi connectivity index (χ3n) is 3.86. The lowest BCUT2D eigenvalue weighted by Gasteiger charge is -2.16. The Labute approximate surface area is 132 Å². The van der Waals surface area contributed by atoms with Gasteiger partial charge in [-0.1, -0.05) is 0 Å². The molecule has 116 valence electrons. The molecule has 4 heterocycles. The number of aliphatic hydroxyl groups is 1. The number of aromatic nitrogens is 5. The molecule has 0 amide bonds. The fourth-order valence-corrected chi connectivity index (χ4v) is 2.60. The molecule has 0 aromatic carbocycles. The van der Waals surface area contributed by atoms with E-state index in [-0.39, 0.29) is 6.61 Å². The number of likely N-dealkylation sites (N-methyl/N-ethyl adjacent to an activating group) is 1. The number of imidazole rings is 2. The highest BCUT2D eigenvalue weighted by molar-refractivity contribution is 5.64. The summed E-state index contributed by atoms with van der Waals surface area (Å²) in [4.78, 5) is 10.6. The summed E-state index contributed by atoms with van der Waals surface area (Å²) >= 11 is 0. The van der Waals surface area contributed by atoms with E-state index in [4.69, 9.17) is 5.11 Å². The Balaban J connectivity index is 1.84. The van der Waals surface area contributed by atoms with Crippen LogP contribution in [0.4, 0.5) is 5.82 Å². The van der Waals surface area contributed by atoms with Gasteiger partial charge in [0.2, 0.25) is 0 Å². The molecule has 1 N–H and O–H groups in total. The molecule has 23 heavy (non-hydrogen) atoms. The van der Waals surface area contributed by atoms with Crippen molar-refractivity contribution in [3.8, 4) is 11.3 Å². The SMILES string of the molecule is CN(CCO)c1ccc2ncc(-c3ccc4nccn4c3)n2n1. The molecule has 0 aliphatic heterocycles. The lowest BCUT2D eigenvalue weighted by atomic mass is 10.2. The number of rotatable bonds is 4. The minimum atomic E-state index is 0.0876. The van der Waals surface area contributed by atoms with Crippen molar-refractivity contribution in [1.82, 2.24) is 24.0 Å². The maximum Gasteiger partial charge on any atom is 0.154 e. The van der Waals surface area contributed by atoms with E-state index in [1.807, 2.05) is 63.7 Å². The molecule has 0 radical (unpaired) electrons. The first-order chi connectivity index (χ1) is 11.3. The molecule has 4 rings (SSSR count). The van der Waals surface area contributed by atoms with Crippen molar-refractivity contribution < 1.29 is 5.11 Å². The number of anilines is 1. The van der Waals surface area contributed by atoms with Crippen LogP contribution in [0, 0.1) is 0 Å². The number of aliphatic hydroxyl groups excluding tert-OH is 1. The van der Waals surface area contributed by atoms with Crippen molar-refractivity contribution in [2.75, 3.05) is 25.1 Å². The van der Waals surface area contributed by atoms with Crippen LogP contribution in [-0.2, 0) is 0 Å². The zero-order chi connectivity index (χ0) is 15.8. The molecule has 0 spiro atoms. The quantitative estimate of drug-likeness (QED) is 0.618. The van der Waals surface area contributed by atoms with Crippen LogP contribution in [0.2, 0.25) is 0 Å². The van der Waals surface area contributed by atoms with Crippen LogP contribution in [0.15, 0.2) is 49.1 Å². The molecule has 0 unspecified atom stereocenters. The summed E-state index contributed by atoms with van der Waals surface area (Å²) in [6.45, 7) is 0.619. The zero-order valence-electron chi connectivity index (χ0n) is 12.7. The predicted octanol–water partition coefficient (Wildman–Crippen LogP) is 1.47. The first-order valence-electron chi connectivity index (χ1n) is 7.36. The lowest BCUT2D eigenvalue weighted by Crippen LogP contribution is -2.22. The van der Waals surface area contributed by atoms with Gasteiger partial charge in [-0.2, -0.15) is 0 Å². The van der Waals surface area contributed by atoms with Gasteiger partial charge in [-0.25, -0.2) is 14.5 Å². The van der Waals surface area contributed by atoms with Crippen molar-refractivity contribution in [2.24, 2.45) is 0 Å². The summed E-state index contributed by atoms with van der Waals surface area (Å²) in [6.07, 6.45) is 7.51. The summed E-state index contributed by atoms with van der Waals surface area (Å²) in [5.74, 6) is 0.787. The van der Waals surface area contributed by atoms with Gasteiger partial charge in [0.05, 0.1) is 18.5 Å². The first kappa shape index (κ1) is 13.7. The number of hydrogen-bond donors (Lipinski definition) is 1. The average molecular weight is 308 g/mol. The second-order valence-electron chi connectivity index (χ2n) is 5.36. The van der Waals surface area contributed by atoms with Gasteiger partial charge in [-0.3, -0.25) is 0 Å². The van der Waals surface area contributed by atoms with Crippen LogP contribution in [-0.4, -0.2) is 49.3 Å². The van der Waals surface area contributed by atoms with E-state index in [1.165, 1.54) is 0 Å². The maximum absolute atomic E-state index is 9.09. The van der Waals surface area contributed by atoms with Crippen molar-refractivity contribution in [2.45, 2.75) is 0 Å². The lowest BCUT2D eigenvalue weighted by molar-refractivity contribution is 0.303. The van der Waals surface area contributed by atoms with Crippen molar-refractivity contribution in [1.29, 1.82) is 0 Å². The summed E-state index contributed by atoms with van der Waals surface area (Å²) in [7, 11) is 1.90. The summed E-state index contributed by atoms with van der Waals surface area (Å²) < 4.78 is 3.79. The smallest absolute Gasteiger partial charge is 0.154 e. The van der Waals surface area contributed by atoms with Crippen LogP contribution < -0.4 is 4.90 Å². The molecule has 0 saturated carbocycles. The molecule has 0 atom stereocenters. The second kappa shape index (κ2) is 5.36. The van der Waals surface area contributed by atoms with Crippen LogP contribution >= 0.6 is 0 Å². The van der Waals surface area contributed by atoms with Crippen LogP contribution in [0.25, 0.3) is 22.6 Å². The summed E-state index contributed by atoms with van der Waals surface area (Å²) in [5, 5.41) is 13.7. The first-order valence-corrected chi connectivity index (χ1v) is 7.36. The molecule has 7 heteroatoms. The highest BCUT2D eigenvalue weighted by Crippen LogP contribution is 2.22. The molecule has 4 aromatic heterocycles. The van der Waals surface area contributed by atoms with E-state index in [0.29, 0.717) is 6.54 Å². The van der Waals surface area contributed by atoms with Crippen LogP contribution in [0.3, 0.4) is 0 Å². The fourth-order valence-electron chi connectivity index (χ4n) is 2.60. The van der Waals surface area contributed by atoms with E-state index in [9.17, 15) is 0 Å². The van der Waals surface area contributed by atoms with Crippen molar-refractivity contribution in [3.05, 3.63) is 49.1 Å². The minimum absolute atomic E-state index is 0.0876. The van der Waals surface area contributed by atoms with Gasteiger partial charge >= 0.3 is 0 Å². The summed E-state index contributed by atoms with van der Waals surface area (Å²) in [6, 6.07) is 7.81. The van der Waals surface area contributed by atoms with E-state index in [1.54, 1.807) is 6.20 Å². The van der Waals surface area contributed by atoms with Gasteiger partial charge < -0.3 is 14.4 Å². The monoisotopic (exact) mass is 308 g/mol. The van der Waals surface area contributed by atoms with Gasteiger partial charge in [0.15, 0.2) is 5.65 Å². The van der Waals surface area contributed by atoms with Gasteiger partial charge in [0, 0.05) is 37.7 Å². The Morgan fingerprint density at radius 2 is 2.00 bits per heavy atom. The maximum atomic E-state index is 9.09. The number of hydrogen-bond acceptors (Lipinski definition) is 5. The van der Waals surface area contributed by atoms with Gasteiger partial charge in [0.25, 0.3) is 0 Å². The predicted molar refractivity (Wildman–Crippen MR) is 87.5 cm³/mol. The fraction of sp³-hybridized carbons (Fsp3) is 0.188. The zero-order valence-corrected chi connectivity index (χ0v) is 12.7. The molecular formula is C16H16N6O. The molecule has 4 aromatic rings. The van der Waals surface area contributed by atoms with Gasteiger partial charge in [0.1, 0.15) is 11.5 Å². The van der Waals surface area contributed by atoms with Crippen LogP contribution in [0.1, 0.15) is 0 Å². The Kier molecular flexibility index (Phi) is 3.20. The second-order valence-corrected chi connectivity index (χ2v) is 5.36. The van der Waals surface area contributed by atoms with E-state index < -0.39 is 0 Å². The number of nitrogens with zero attached hydrogens (tertiary/aromatic N) is 6. The Hall–Kier alpha value is -2.93. The minimum Gasteiger partial charge on any atom is -0.395 e. The van der Waals surface area contributed by atoms with E-state index in [2.05, 4.69) is 15.1 Å². The average Bonchev–Trinajstić information content (AvgIpc) is 3.20. The molecule has 7 nitrogen and oxygen atoms in total. The summed E-state index contributed by atoms with van der Waals surface area (Å²) in [5.41, 5.74) is 3.61. The van der Waals surface area contributed by atoms with Crippen molar-refractivity contribution >= 4 is 17.1 Å². The topological polar surface area (TPSA) is 71.0 Å². The molecule has 0 bridgehead atoms. The molecule has 0 saturated heterocycles.